The third-order valence-electron chi connectivity index (χ3n) is 4.03. The van der Waals surface area contributed by atoms with Gasteiger partial charge >= 0.3 is 0 Å². The molecule has 0 aliphatic carbocycles. The first kappa shape index (κ1) is 14.4. The van der Waals surface area contributed by atoms with E-state index in [1.807, 2.05) is 0 Å². The predicted molar refractivity (Wildman–Crippen MR) is 79.4 cm³/mol. The summed E-state index contributed by atoms with van der Waals surface area (Å²) in [5.74, 6) is -0.676. The van der Waals surface area contributed by atoms with Crippen LogP contribution in [-0.4, -0.2) is 34.1 Å². The summed E-state index contributed by atoms with van der Waals surface area (Å²) in [5.41, 5.74) is 1.18. The maximum absolute atomic E-state index is 13.0. The molecule has 1 amide bonds. The van der Waals surface area contributed by atoms with Gasteiger partial charge in [0.2, 0.25) is 0 Å². The Bertz CT molecular complexity index is 700. The zero-order valence-corrected chi connectivity index (χ0v) is 11.9. The first-order chi connectivity index (χ1) is 10.5. The number of phenols is 2. The van der Waals surface area contributed by atoms with E-state index in [1.165, 1.54) is 24.3 Å². The van der Waals surface area contributed by atoms with E-state index in [0.29, 0.717) is 13.1 Å². The predicted octanol–water partition coefficient (Wildman–Crippen LogP) is 2.87. The number of likely N-dealkylation sites (tertiary alicyclic amines) is 1. The van der Waals surface area contributed by atoms with Gasteiger partial charge in [-0.2, -0.15) is 0 Å². The number of amides is 1. The zero-order valence-electron chi connectivity index (χ0n) is 11.9. The average Bonchev–Trinajstić information content (AvgIpc) is 2.97. The summed E-state index contributed by atoms with van der Waals surface area (Å²) in [6.07, 6.45) is 0.802. The minimum Gasteiger partial charge on any atom is -0.508 e. The third-order valence-corrected chi connectivity index (χ3v) is 4.03. The minimum absolute atomic E-state index is 0.0836. The molecular weight excluding hydrogens is 285 g/mol. The number of carbonyl (C=O) groups excluding carboxylic acids is 1. The van der Waals surface area contributed by atoms with Crippen LogP contribution in [0.5, 0.6) is 11.5 Å². The van der Waals surface area contributed by atoms with Crippen molar-refractivity contribution in [2.45, 2.75) is 12.3 Å². The number of rotatable bonds is 2. The second kappa shape index (κ2) is 5.67. The van der Waals surface area contributed by atoms with Crippen LogP contribution in [0.4, 0.5) is 4.39 Å². The molecular formula is C17H16FNO3. The summed E-state index contributed by atoms with van der Waals surface area (Å²) < 4.78 is 13.0. The smallest absolute Gasteiger partial charge is 0.257 e. The highest BCUT2D eigenvalue weighted by molar-refractivity contribution is 5.97. The minimum atomic E-state index is -0.274. The molecule has 1 atom stereocenters. The molecule has 114 valence electrons. The highest BCUT2D eigenvalue weighted by atomic mass is 19.1. The highest BCUT2D eigenvalue weighted by Crippen LogP contribution is 2.30. The number of nitrogens with zero attached hydrogens (tertiary/aromatic N) is 1. The molecule has 2 aromatic rings. The number of halogens is 1. The SMILES string of the molecule is O=C(c1ccc(O)cc1O)N1CC[C@H](c2ccc(F)cc2)C1. The van der Waals surface area contributed by atoms with E-state index >= 15 is 0 Å². The molecule has 1 saturated heterocycles. The molecule has 4 nitrogen and oxygen atoms in total. The second-order valence-electron chi connectivity index (χ2n) is 5.49. The topological polar surface area (TPSA) is 60.8 Å². The van der Waals surface area contributed by atoms with E-state index in [1.54, 1.807) is 17.0 Å². The van der Waals surface area contributed by atoms with Crippen molar-refractivity contribution in [1.82, 2.24) is 4.90 Å². The van der Waals surface area contributed by atoms with Crippen LogP contribution in [0, 0.1) is 5.82 Å². The Labute approximate surface area is 127 Å². The van der Waals surface area contributed by atoms with Crippen LogP contribution in [0.3, 0.4) is 0 Å². The molecule has 2 aromatic carbocycles. The molecule has 3 rings (SSSR count). The summed E-state index contributed by atoms with van der Waals surface area (Å²) in [6.45, 7) is 1.12. The zero-order chi connectivity index (χ0) is 15.7. The molecule has 0 saturated carbocycles. The van der Waals surface area contributed by atoms with Gasteiger partial charge in [0, 0.05) is 25.1 Å². The van der Waals surface area contributed by atoms with Crippen molar-refractivity contribution in [3.05, 3.63) is 59.4 Å². The number of hydrogen-bond acceptors (Lipinski definition) is 3. The first-order valence-electron chi connectivity index (χ1n) is 7.11. The van der Waals surface area contributed by atoms with Gasteiger partial charge in [-0.3, -0.25) is 4.79 Å². The van der Waals surface area contributed by atoms with Crippen LogP contribution in [0.1, 0.15) is 28.3 Å². The molecule has 0 unspecified atom stereocenters. The van der Waals surface area contributed by atoms with Crippen LogP contribution in [0.25, 0.3) is 0 Å². The Kier molecular flexibility index (Phi) is 3.71. The highest BCUT2D eigenvalue weighted by Gasteiger charge is 2.29. The van der Waals surface area contributed by atoms with Crippen molar-refractivity contribution in [3.8, 4) is 11.5 Å². The van der Waals surface area contributed by atoms with Crippen LogP contribution in [-0.2, 0) is 0 Å². The van der Waals surface area contributed by atoms with Crippen molar-refractivity contribution in [2.75, 3.05) is 13.1 Å². The van der Waals surface area contributed by atoms with E-state index in [9.17, 15) is 19.4 Å². The lowest BCUT2D eigenvalue weighted by Crippen LogP contribution is -2.28. The van der Waals surface area contributed by atoms with E-state index in [-0.39, 0.29) is 34.7 Å². The van der Waals surface area contributed by atoms with Gasteiger partial charge in [0.1, 0.15) is 17.3 Å². The normalized spacial score (nSPS) is 17.7. The maximum atomic E-state index is 13.0. The fraction of sp³-hybridized carbons (Fsp3) is 0.235. The van der Waals surface area contributed by atoms with Gasteiger partial charge in [-0.05, 0) is 36.2 Å². The third kappa shape index (κ3) is 2.74. The fourth-order valence-corrected chi connectivity index (χ4v) is 2.82. The van der Waals surface area contributed by atoms with Crippen molar-refractivity contribution < 1.29 is 19.4 Å². The number of benzene rings is 2. The molecule has 5 heteroatoms. The lowest BCUT2D eigenvalue weighted by molar-refractivity contribution is 0.0788. The number of phenolic OH excluding ortho intramolecular Hbond substituents is 2. The molecule has 1 heterocycles. The van der Waals surface area contributed by atoms with E-state index in [4.69, 9.17) is 0 Å². The molecule has 0 aromatic heterocycles. The van der Waals surface area contributed by atoms with Crippen molar-refractivity contribution >= 4 is 5.91 Å². The Morgan fingerprint density at radius 1 is 1.14 bits per heavy atom. The summed E-state index contributed by atoms with van der Waals surface area (Å²) in [4.78, 5) is 14.1. The molecule has 1 fully saturated rings. The van der Waals surface area contributed by atoms with Gasteiger partial charge in [0.25, 0.3) is 5.91 Å². The van der Waals surface area contributed by atoms with Gasteiger partial charge in [0.05, 0.1) is 5.56 Å². The quantitative estimate of drug-likeness (QED) is 0.896. The van der Waals surface area contributed by atoms with Crippen LogP contribution in [0.2, 0.25) is 0 Å². The Morgan fingerprint density at radius 3 is 2.55 bits per heavy atom. The van der Waals surface area contributed by atoms with Gasteiger partial charge in [0.15, 0.2) is 0 Å². The number of aromatic hydroxyl groups is 2. The summed E-state index contributed by atoms with van der Waals surface area (Å²) in [5, 5.41) is 19.1. The fourth-order valence-electron chi connectivity index (χ4n) is 2.82. The first-order valence-corrected chi connectivity index (χ1v) is 7.11. The summed E-state index contributed by atoms with van der Waals surface area (Å²) in [6, 6.07) is 10.3. The van der Waals surface area contributed by atoms with Crippen LogP contribution < -0.4 is 0 Å². The molecule has 0 radical (unpaired) electrons. The standard InChI is InChI=1S/C17H16FNO3/c18-13-3-1-11(2-4-13)12-7-8-19(10-12)17(22)15-6-5-14(20)9-16(15)21/h1-6,9,12,20-21H,7-8,10H2/t12-/m0/s1. The molecule has 1 aliphatic heterocycles. The van der Waals surface area contributed by atoms with Crippen molar-refractivity contribution in [2.24, 2.45) is 0 Å². The van der Waals surface area contributed by atoms with Gasteiger partial charge < -0.3 is 15.1 Å². The van der Waals surface area contributed by atoms with Gasteiger partial charge in [-0.1, -0.05) is 12.1 Å². The molecule has 22 heavy (non-hydrogen) atoms. The number of carbonyl (C=O) groups is 1. The van der Waals surface area contributed by atoms with Crippen LogP contribution >= 0.6 is 0 Å². The Hall–Kier alpha value is -2.56. The largest absolute Gasteiger partial charge is 0.508 e. The molecule has 0 spiro atoms. The lowest BCUT2D eigenvalue weighted by Gasteiger charge is -2.17. The maximum Gasteiger partial charge on any atom is 0.257 e. The Balaban J connectivity index is 1.74. The Morgan fingerprint density at radius 2 is 1.86 bits per heavy atom. The lowest BCUT2D eigenvalue weighted by atomic mass is 9.98. The molecule has 0 bridgehead atoms. The van der Waals surface area contributed by atoms with Crippen molar-refractivity contribution in [3.63, 3.8) is 0 Å². The van der Waals surface area contributed by atoms with Crippen molar-refractivity contribution in [1.29, 1.82) is 0 Å². The van der Waals surface area contributed by atoms with E-state index in [0.717, 1.165) is 18.1 Å². The molecule has 2 N–H and O–H groups in total. The van der Waals surface area contributed by atoms with Gasteiger partial charge in [-0.25, -0.2) is 4.39 Å². The van der Waals surface area contributed by atoms with E-state index in [2.05, 4.69) is 0 Å². The monoisotopic (exact) mass is 301 g/mol. The van der Waals surface area contributed by atoms with Gasteiger partial charge in [-0.15, -0.1) is 0 Å². The summed E-state index contributed by atoms with van der Waals surface area (Å²) >= 11 is 0. The summed E-state index contributed by atoms with van der Waals surface area (Å²) in [7, 11) is 0. The second-order valence-corrected chi connectivity index (χ2v) is 5.49. The molecule has 1 aliphatic rings. The van der Waals surface area contributed by atoms with Crippen LogP contribution in [0.15, 0.2) is 42.5 Å². The van der Waals surface area contributed by atoms with E-state index < -0.39 is 0 Å². The number of hydrogen-bond donors (Lipinski definition) is 2. The average molecular weight is 301 g/mol.